The maximum Gasteiger partial charge on any atom is 0.417 e. The van der Waals surface area contributed by atoms with E-state index in [2.05, 4.69) is 15.2 Å². The Morgan fingerprint density at radius 1 is 1.22 bits per heavy atom. The van der Waals surface area contributed by atoms with Crippen LogP contribution in [-0.4, -0.2) is 35.9 Å². The van der Waals surface area contributed by atoms with Crippen LogP contribution in [0.4, 0.5) is 13.2 Å². The predicted molar refractivity (Wildman–Crippen MR) is 92.8 cm³/mol. The van der Waals surface area contributed by atoms with Crippen molar-refractivity contribution < 1.29 is 22.7 Å². The van der Waals surface area contributed by atoms with E-state index in [4.69, 9.17) is 4.74 Å². The molecule has 144 valence electrons. The van der Waals surface area contributed by atoms with Crippen molar-refractivity contribution in [1.82, 2.24) is 15.2 Å². The van der Waals surface area contributed by atoms with E-state index >= 15 is 0 Å². The van der Waals surface area contributed by atoms with Crippen molar-refractivity contribution >= 4 is 5.91 Å². The topological polar surface area (TPSA) is 54.5 Å². The molecule has 1 aromatic heterocycles. The molecule has 1 aliphatic rings. The zero-order chi connectivity index (χ0) is 19.4. The summed E-state index contributed by atoms with van der Waals surface area (Å²) in [6, 6.07) is 8.42. The molecule has 0 saturated carbocycles. The lowest BCUT2D eigenvalue weighted by atomic mass is 9.98. The second kappa shape index (κ2) is 7.96. The van der Waals surface area contributed by atoms with Crippen LogP contribution in [0.25, 0.3) is 0 Å². The number of likely N-dealkylation sites (tertiary alicyclic amines) is 1. The van der Waals surface area contributed by atoms with Crippen molar-refractivity contribution in [1.29, 1.82) is 0 Å². The number of halogens is 3. The summed E-state index contributed by atoms with van der Waals surface area (Å²) in [4.78, 5) is 17.3. The molecule has 1 fully saturated rings. The molecule has 0 bridgehead atoms. The minimum absolute atomic E-state index is 0.0101. The number of carbonyl (C=O) groups excluding carboxylic acids is 1. The van der Waals surface area contributed by atoms with Crippen LogP contribution in [0.1, 0.15) is 16.7 Å². The Morgan fingerprint density at radius 2 is 1.93 bits per heavy atom. The smallest absolute Gasteiger partial charge is 0.417 e. The first kappa shape index (κ1) is 19.2. The normalized spacial score (nSPS) is 15.3. The number of alkyl halides is 3. The van der Waals surface area contributed by atoms with E-state index < -0.39 is 11.7 Å². The van der Waals surface area contributed by atoms with Crippen LogP contribution in [0, 0.1) is 5.92 Å². The second-order valence-corrected chi connectivity index (χ2v) is 6.52. The molecule has 1 amide bonds. The highest BCUT2D eigenvalue weighted by molar-refractivity contribution is 5.79. The van der Waals surface area contributed by atoms with Gasteiger partial charge in [-0.2, -0.15) is 13.2 Å². The zero-order valence-corrected chi connectivity index (χ0v) is 14.8. The van der Waals surface area contributed by atoms with Gasteiger partial charge in [0.1, 0.15) is 12.4 Å². The van der Waals surface area contributed by atoms with Crippen molar-refractivity contribution in [2.24, 2.45) is 5.92 Å². The third-order valence-corrected chi connectivity index (χ3v) is 4.43. The molecule has 1 N–H and O–H groups in total. The van der Waals surface area contributed by atoms with Crippen LogP contribution in [0.15, 0.2) is 42.7 Å². The summed E-state index contributed by atoms with van der Waals surface area (Å²) in [6.45, 7) is 2.22. The van der Waals surface area contributed by atoms with Crippen LogP contribution >= 0.6 is 0 Å². The molecule has 2 aromatic rings. The van der Waals surface area contributed by atoms with Gasteiger partial charge in [0.15, 0.2) is 0 Å². The van der Waals surface area contributed by atoms with Gasteiger partial charge in [-0.15, -0.1) is 0 Å². The molecule has 3 rings (SSSR count). The summed E-state index contributed by atoms with van der Waals surface area (Å²) in [7, 11) is 1.64. The van der Waals surface area contributed by atoms with Crippen molar-refractivity contribution in [2.45, 2.75) is 19.3 Å². The fourth-order valence-electron chi connectivity index (χ4n) is 2.91. The Labute approximate surface area is 155 Å². The van der Waals surface area contributed by atoms with Gasteiger partial charge in [-0.3, -0.25) is 14.7 Å². The summed E-state index contributed by atoms with van der Waals surface area (Å²) in [6.07, 6.45) is -2.27. The first-order valence-electron chi connectivity index (χ1n) is 8.52. The zero-order valence-electron chi connectivity index (χ0n) is 14.8. The van der Waals surface area contributed by atoms with E-state index in [0.717, 1.165) is 37.5 Å². The summed E-state index contributed by atoms with van der Waals surface area (Å²) < 4.78 is 43.6. The highest BCUT2D eigenvalue weighted by Crippen LogP contribution is 2.29. The molecule has 1 aromatic carbocycles. The second-order valence-electron chi connectivity index (χ2n) is 6.52. The molecule has 0 radical (unpaired) electrons. The summed E-state index contributed by atoms with van der Waals surface area (Å²) >= 11 is 0. The number of ether oxygens (including phenoxy) is 1. The Kier molecular flexibility index (Phi) is 5.65. The van der Waals surface area contributed by atoms with E-state index in [1.165, 1.54) is 6.20 Å². The van der Waals surface area contributed by atoms with Gasteiger partial charge in [0.25, 0.3) is 0 Å². The Balaban J connectivity index is 1.49. The number of benzene rings is 1. The van der Waals surface area contributed by atoms with Crippen molar-refractivity contribution in [2.75, 3.05) is 20.1 Å². The maximum absolute atomic E-state index is 12.7. The number of hydrogen-bond donors (Lipinski definition) is 1. The standard InChI is InChI=1S/C19H20F3N3O2/c1-23-18(26)15-10-25(11-15)9-13-2-4-17(5-3-13)27-12-14-6-16(8-24-7-14)19(20,21)22/h2-8,15H,9-12H2,1H3,(H,23,26). The van der Waals surface area contributed by atoms with Gasteiger partial charge < -0.3 is 10.1 Å². The van der Waals surface area contributed by atoms with E-state index in [0.29, 0.717) is 11.3 Å². The summed E-state index contributed by atoms with van der Waals surface area (Å²) in [5.41, 5.74) is 0.650. The fourth-order valence-corrected chi connectivity index (χ4v) is 2.91. The van der Waals surface area contributed by atoms with Gasteiger partial charge >= 0.3 is 6.18 Å². The largest absolute Gasteiger partial charge is 0.489 e. The molecular formula is C19H20F3N3O2. The van der Waals surface area contributed by atoms with Gasteiger partial charge in [-0.1, -0.05) is 12.1 Å². The van der Waals surface area contributed by atoms with Crippen molar-refractivity contribution in [3.63, 3.8) is 0 Å². The van der Waals surface area contributed by atoms with E-state index in [9.17, 15) is 18.0 Å². The molecule has 0 aliphatic carbocycles. The molecular weight excluding hydrogens is 359 g/mol. The molecule has 27 heavy (non-hydrogen) atoms. The van der Waals surface area contributed by atoms with Gasteiger partial charge in [-0.05, 0) is 23.8 Å². The Morgan fingerprint density at radius 3 is 2.56 bits per heavy atom. The van der Waals surface area contributed by atoms with Crippen LogP contribution in [0.2, 0.25) is 0 Å². The van der Waals surface area contributed by atoms with Gasteiger partial charge in [0, 0.05) is 44.6 Å². The highest BCUT2D eigenvalue weighted by Gasteiger charge is 2.32. The van der Waals surface area contributed by atoms with Gasteiger partial charge in [0.05, 0.1) is 11.5 Å². The summed E-state index contributed by atoms with van der Waals surface area (Å²) in [5, 5.41) is 2.65. The molecule has 0 spiro atoms. The number of hydrogen-bond acceptors (Lipinski definition) is 4. The van der Waals surface area contributed by atoms with E-state index in [1.54, 1.807) is 19.2 Å². The number of nitrogens with one attached hydrogen (secondary N) is 1. The predicted octanol–water partition coefficient (Wildman–Crippen LogP) is 2.86. The van der Waals surface area contributed by atoms with Crippen molar-refractivity contribution in [3.8, 4) is 5.75 Å². The molecule has 0 atom stereocenters. The van der Waals surface area contributed by atoms with Crippen LogP contribution < -0.4 is 10.1 Å². The average Bonchev–Trinajstić information content (AvgIpc) is 2.62. The quantitative estimate of drug-likeness (QED) is 0.839. The minimum Gasteiger partial charge on any atom is -0.489 e. The van der Waals surface area contributed by atoms with Crippen LogP contribution in [-0.2, 0) is 24.1 Å². The number of aromatic nitrogens is 1. The summed E-state index contributed by atoms with van der Waals surface area (Å²) in [5.74, 6) is 0.695. The number of rotatable bonds is 6. The maximum atomic E-state index is 12.7. The van der Waals surface area contributed by atoms with Crippen LogP contribution in [0.5, 0.6) is 5.75 Å². The lowest BCUT2D eigenvalue weighted by Gasteiger charge is -2.38. The lowest BCUT2D eigenvalue weighted by molar-refractivity contribution is -0.138. The number of pyridine rings is 1. The first-order valence-corrected chi connectivity index (χ1v) is 8.52. The van der Waals surface area contributed by atoms with Gasteiger partial charge in [0.2, 0.25) is 5.91 Å². The SMILES string of the molecule is CNC(=O)C1CN(Cc2ccc(OCc3cncc(C(F)(F)F)c3)cc2)C1. The minimum atomic E-state index is -4.42. The molecule has 1 saturated heterocycles. The third kappa shape index (κ3) is 4.97. The Hall–Kier alpha value is -2.61. The fraction of sp³-hybridized carbons (Fsp3) is 0.368. The molecule has 8 heteroatoms. The number of carbonyl (C=O) groups is 1. The molecule has 2 heterocycles. The molecule has 1 aliphatic heterocycles. The van der Waals surface area contributed by atoms with Crippen molar-refractivity contribution in [3.05, 3.63) is 59.4 Å². The first-order chi connectivity index (χ1) is 12.8. The van der Waals surface area contributed by atoms with E-state index in [-0.39, 0.29) is 18.4 Å². The Bertz CT molecular complexity index is 788. The molecule has 5 nitrogen and oxygen atoms in total. The number of amides is 1. The van der Waals surface area contributed by atoms with E-state index in [1.807, 2.05) is 12.1 Å². The molecule has 0 unspecified atom stereocenters. The van der Waals surface area contributed by atoms with Crippen LogP contribution in [0.3, 0.4) is 0 Å². The number of nitrogens with zero attached hydrogens (tertiary/aromatic N) is 2. The highest BCUT2D eigenvalue weighted by atomic mass is 19.4. The monoisotopic (exact) mass is 379 g/mol. The third-order valence-electron chi connectivity index (χ3n) is 4.43. The lowest BCUT2D eigenvalue weighted by Crippen LogP contribution is -2.52. The average molecular weight is 379 g/mol. The van der Waals surface area contributed by atoms with Gasteiger partial charge in [-0.25, -0.2) is 0 Å².